The summed E-state index contributed by atoms with van der Waals surface area (Å²) < 4.78 is 7.74. The summed E-state index contributed by atoms with van der Waals surface area (Å²) in [6.45, 7) is 41.2. The maximum atomic E-state index is 7.74. The Balaban J connectivity index is 1.15. The molecule has 4 aliphatic carbocycles. The zero-order chi connectivity index (χ0) is 52.4. The van der Waals surface area contributed by atoms with E-state index in [1.54, 1.807) is 0 Å². The minimum absolute atomic E-state index is 0.0369. The van der Waals surface area contributed by atoms with Crippen molar-refractivity contribution in [1.82, 2.24) is 0 Å². The van der Waals surface area contributed by atoms with Gasteiger partial charge in [0.15, 0.2) is 0 Å². The number of rotatable bonds is 3. The van der Waals surface area contributed by atoms with Gasteiger partial charge in [0.05, 0.1) is 17.0 Å². The Morgan fingerprint density at radius 3 is 1.69 bits per heavy atom. The molecule has 6 aromatic carbocycles. The van der Waals surface area contributed by atoms with Crippen molar-refractivity contribution in [3.63, 3.8) is 0 Å². The van der Waals surface area contributed by atoms with Crippen molar-refractivity contribution in [3.05, 3.63) is 147 Å². The third kappa shape index (κ3) is 6.70. The number of nitrogens with zero attached hydrogens (tertiary/aromatic N) is 2. The smallest absolute Gasteiger partial charge is 0.297 e. The highest BCUT2D eigenvalue weighted by atomic mass is 16.3. The van der Waals surface area contributed by atoms with E-state index in [0.717, 1.165) is 17.7 Å². The Morgan fingerprint density at radius 1 is 0.486 bits per heavy atom. The number of benzene rings is 6. The minimum Gasteiger partial charge on any atom is -0.468 e. The van der Waals surface area contributed by atoms with Crippen LogP contribution < -0.4 is 26.4 Å². The monoisotopic (exact) mass is 977 g/mol. The first kappa shape index (κ1) is 48.2. The van der Waals surface area contributed by atoms with E-state index in [2.05, 4.69) is 225 Å². The summed E-state index contributed by atoms with van der Waals surface area (Å²) >= 11 is 0. The molecule has 74 heavy (non-hydrogen) atoms. The van der Waals surface area contributed by atoms with Crippen LogP contribution in [0.4, 0.5) is 34.1 Å². The van der Waals surface area contributed by atoms with Gasteiger partial charge in [-0.2, -0.15) is 0 Å². The standard InChI is InChI=1S/C70H81BN2O/c1-41-34-55-60-56(35-41)73(54-27-25-48-59(68(14,15)31-30-66(48,10)11)58(54)42-18-20-43(21-19-42)63(2,3)4)53-26-22-44(64(5,6)7)36-52(53)71(60)62-61(46-38-50-51(39-57(46)74-62)70(17)33-32-69(50,16)40-70)72(55)45-23-24-47-49(37-45)67(12,13)29-28-65(47,8)9/h18-27,34-39H,28-33,40H2,1-17H3. The molecule has 6 aliphatic rings. The van der Waals surface area contributed by atoms with Gasteiger partial charge in [-0.05, 0) is 210 Å². The molecule has 2 aliphatic heterocycles. The topological polar surface area (TPSA) is 19.6 Å². The molecule has 2 unspecified atom stereocenters. The molecule has 3 heterocycles. The van der Waals surface area contributed by atoms with Gasteiger partial charge in [0, 0.05) is 33.7 Å². The summed E-state index contributed by atoms with van der Waals surface area (Å²) in [5.74, 6) is 0. The summed E-state index contributed by atoms with van der Waals surface area (Å²) in [6, 6.07) is 39.8. The van der Waals surface area contributed by atoms with E-state index in [4.69, 9.17) is 4.42 Å². The summed E-state index contributed by atoms with van der Waals surface area (Å²) in [4.78, 5) is 5.37. The van der Waals surface area contributed by atoms with Crippen LogP contribution in [0.5, 0.6) is 0 Å². The molecule has 1 aromatic heterocycles. The lowest BCUT2D eigenvalue weighted by Gasteiger charge is -2.47. The van der Waals surface area contributed by atoms with Crippen LogP contribution >= 0.6 is 0 Å². The Kier molecular flexibility index (Phi) is 9.72. The average molecular weight is 977 g/mol. The first-order valence-corrected chi connectivity index (χ1v) is 28.5. The number of furan rings is 1. The van der Waals surface area contributed by atoms with Gasteiger partial charge in [-0.25, -0.2) is 0 Å². The molecule has 2 bridgehead atoms. The summed E-state index contributed by atoms with van der Waals surface area (Å²) in [5, 5.41) is 1.25. The van der Waals surface area contributed by atoms with Crippen LogP contribution in [-0.4, -0.2) is 6.71 Å². The van der Waals surface area contributed by atoms with Crippen molar-refractivity contribution in [2.75, 3.05) is 9.80 Å². The Morgan fingerprint density at radius 2 is 1.04 bits per heavy atom. The molecular formula is C70H81BN2O. The summed E-state index contributed by atoms with van der Waals surface area (Å²) in [5.41, 5.74) is 28.3. The van der Waals surface area contributed by atoms with Crippen molar-refractivity contribution in [2.24, 2.45) is 0 Å². The second kappa shape index (κ2) is 14.9. The lowest BCUT2D eigenvalue weighted by atomic mass is 9.35. The molecule has 1 saturated carbocycles. The number of anilines is 6. The van der Waals surface area contributed by atoms with Crippen LogP contribution in [0.25, 0.3) is 22.1 Å². The Bertz CT molecular complexity index is 3570. The zero-order valence-electron chi connectivity index (χ0n) is 48.1. The third-order valence-corrected chi connectivity index (χ3v) is 20.5. The van der Waals surface area contributed by atoms with Gasteiger partial charge in [-0.1, -0.05) is 159 Å². The quantitative estimate of drug-likeness (QED) is 0.165. The predicted molar refractivity (Wildman–Crippen MR) is 317 cm³/mol. The molecule has 0 saturated heterocycles. The zero-order valence-corrected chi connectivity index (χ0v) is 48.1. The van der Waals surface area contributed by atoms with E-state index in [0.29, 0.717) is 0 Å². The van der Waals surface area contributed by atoms with Gasteiger partial charge >= 0.3 is 0 Å². The second-order valence-corrected chi connectivity index (χ2v) is 29.8. The second-order valence-electron chi connectivity index (χ2n) is 29.8. The minimum atomic E-state index is -0.124. The van der Waals surface area contributed by atoms with E-state index >= 15 is 0 Å². The lowest BCUT2D eigenvalue weighted by Crippen LogP contribution is -2.61. The fourth-order valence-corrected chi connectivity index (χ4v) is 15.8. The molecule has 0 N–H and O–H groups in total. The Labute approximate surface area is 444 Å². The molecule has 7 aromatic rings. The first-order valence-electron chi connectivity index (χ1n) is 28.5. The molecule has 380 valence electrons. The van der Waals surface area contributed by atoms with Gasteiger partial charge in [0.25, 0.3) is 6.71 Å². The molecule has 0 radical (unpaired) electrons. The van der Waals surface area contributed by atoms with Crippen molar-refractivity contribution >= 4 is 68.4 Å². The normalized spacial score (nSPS) is 23.3. The van der Waals surface area contributed by atoms with Crippen molar-refractivity contribution in [1.29, 1.82) is 0 Å². The SMILES string of the molecule is Cc1cc2c3c(c1)N(c1ccc4c(c1)C(C)(C)CCC4(C)C)c1c(oc4cc5c(cc14)C1(C)CCC5(C)C1)B3c1cc(C(C)(C)C)ccc1N2c1ccc2c(c1-c1ccc(C(C)(C)C)cc1)C(C)(C)CCC2(C)C. The van der Waals surface area contributed by atoms with Crippen LogP contribution in [0.3, 0.4) is 0 Å². The van der Waals surface area contributed by atoms with Crippen LogP contribution in [0, 0.1) is 6.92 Å². The molecule has 1 fully saturated rings. The van der Waals surface area contributed by atoms with E-state index in [9.17, 15) is 0 Å². The number of fused-ring (bicyclic) bond motifs is 13. The highest BCUT2D eigenvalue weighted by Crippen LogP contribution is 2.62. The van der Waals surface area contributed by atoms with E-state index in [-0.39, 0.29) is 50.0 Å². The van der Waals surface area contributed by atoms with Crippen LogP contribution in [0.15, 0.2) is 101 Å². The first-order chi connectivity index (χ1) is 34.5. The van der Waals surface area contributed by atoms with Crippen molar-refractivity contribution in [2.45, 2.75) is 206 Å². The molecule has 3 nitrogen and oxygen atoms in total. The molecule has 2 atom stereocenters. The fraction of sp³-hybridized carbons (Fsp3) is 0.457. The van der Waals surface area contributed by atoms with Crippen molar-refractivity contribution in [3.8, 4) is 11.1 Å². The van der Waals surface area contributed by atoms with Crippen LogP contribution in [0.1, 0.15) is 206 Å². The maximum Gasteiger partial charge on any atom is 0.297 e. The molecular weight excluding hydrogens is 896 g/mol. The van der Waals surface area contributed by atoms with Gasteiger partial charge in [-0.3, -0.25) is 0 Å². The van der Waals surface area contributed by atoms with Gasteiger partial charge < -0.3 is 14.2 Å². The average Bonchev–Trinajstić information content (AvgIpc) is 3.94. The Hall–Kier alpha value is -5.48. The summed E-state index contributed by atoms with van der Waals surface area (Å²) in [6.07, 6.45) is 8.36. The predicted octanol–water partition coefficient (Wildman–Crippen LogP) is 17.5. The lowest BCUT2D eigenvalue weighted by molar-refractivity contribution is 0.332. The highest BCUT2D eigenvalue weighted by Gasteiger charge is 2.55. The molecule has 13 rings (SSSR count). The van der Waals surface area contributed by atoms with Crippen molar-refractivity contribution < 1.29 is 4.42 Å². The van der Waals surface area contributed by atoms with Crippen LogP contribution in [0.2, 0.25) is 0 Å². The fourth-order valence-electron chi connectivity index (χ4n) is 15.8. The highest BCUT2D eigenvalue weighted by molar-refractivity contribution is 7.00. The van der Waals surface area contributed by atoms with Gasteiger partial charge in [0.2, 0.25) is 0 Å². The molecule has 4 heteroatoms. The van der Waals surface area contributed by atoms with Crippen LogP contribution in [-0.2, 0) is 43.3 Å². The number of hydrogen-bond acceptors (Lipinski definition) is 3. The van der Waals surface area contributed by atoms with E-state index in [1.807, 2.05) is 0 Å². The van der Waals surface area contributed by atoms with Gasteiger partial charge in [0.1, 0.15) is 5.58 Å². The largest absolute Gasteiger partial charge is 0.468 e. The summed E-state index contributed by atoms with van der Waals surface area (Å²) in [7, 11) is 0. The van der Waals surface area contributed by atoms with Gasteiger partial charge in [-0.15, -0.1) is 0 Å². The third-order valence-electron chi connectivity index (χ3n) is 20.5. The number of aryl methyl sites for hydroxylation is 1. The maximum absolute atomic E-state index is 7.74. The number of hydrogen-bond donors (Lipinski definition) is 0. The van der Waals surface area contributed by atoms with E-state index < -0.39 is 0 Å². The molecule has 0 spiro atoms. The molecule has 0 amide bonds. The van der Waals surface area contributed by atoms with E-state index in [1.165, 1.54) is 150 Å².